The molecule has 3 aromatic heterocycles. The number of hydrogen-bond donors (Lipinski definition) is 3. The number of H-pyrrole nitrogens is 1. The van der Waals surface area contributed by atoms with Gasteiger partial charge in [-0.05, 0) is 12.8 Å². The van der Waals surface area contributed by atoms with Gasteiger partial charge in [0.1, 0.15) is 23.9 Å². The monoisotopic (exact) mass is 367 g/mol. The third-order valence-electron chi connectivity index (χ3n) is 4.42. The minimum Gasteiger partial charge on any atom is -0.377 e. The fourth-order valence-electron chi connectivity index (χ4n) is 2.99. The maximum absolute atomic E-state index is 5.91. The zero-order valence-corrected chi connectivity index (χ0v) is 15.0. The molecule has 4 N–H and O–H groups in total. The van der Waals surface area contributed by atoms with E-state index in [-0.39, 0.29) is 6.04 Å². The van der Waals surface area contributed by atoms with Crippen LogP contribution in [0.5, 0.6) is 0 Å². The third-order valence-corrected chi connectivity index (χ3v) is 4.42. The van der Waals surface area contributed by atoms with Crippen LogP contribution in [0.15, 0.2) is 24.7 Å². The topological polar surface area (TPSA) is 140 Å². The first-order valence-corrected chi connectivity index (χ1v) is 8.75. The fourth-order valence-corrected chi connectivity index (χ4v) is 2.99. The molecule has 0 bridgehead atoms. The third kappa shape index (κ3) is 4.07. The summed E-state index contributed by atoms with van der Waals surface area (Å²) in [6, 6.07) is 2.23. The normalized spacial score (nSPS) is 18.9. The van der Waals surface area contributed by atoms with Crippen LogP contribution in [-0.2, 0) is 17.9 Å². The van der Waals surface area contributed by atoms with Crippen LogP contribution in [-0.4, -0.2) is 48.3 Å². The van der Waals surface area contributed by atoms with Gasteiger partial charge in [0.05, 0.1) is 12.7 Å². The lowest BCUT2D eigenvalue weighted by molar-refractivity contribution is 0.177. The van der Waals surface area contributed by atoms with Crippen LogP contribution in [0.4, 0.5) is 5.82 Å². The first kappa shape index (κ1) is 17.4. The molecule has 1 fully saturated rings. The molecule has 3 heterocycles. The smallest absolute Gasteiger partial charge is 0.201 e. The Bertz CT molecular complexity index is 892. The zero-order chi connectivity index (χ0) is 18.6. The molecule has 27 heavy (non-hydrogen) atoms. The Hall–Kier alpha value is -2.98. The molecule has 0 aliphatic heterocycles. The molecule has 3 aromatic rings. The second-order valence-electron chi connectivity index (χ2n) is 6.51. The maximum Gasteiger partial charge on any atom is 0.201 e. The van der Waals surface area contributed by atoms with Crippen LogP contribution in [0.3, 0.4) is 0 Å². The molecule has 0 unspecified atom stereocenters. The Kier molecular flexibility index (Phi) is 4.99. The molecule has 10 heteroatoms. The summed E-state index contributed by atoms with van der Waals surface area (Å²) < 4.78 is 5.19. The number of hydrogen-bond acceptors (Lipinski definition) is 9. The van der Waals surface area contributed by atoms with Gasteiger partial charge in [0.15, 0.2) is 5.82 Å². The minimum atomic E-state index is 0.265. The molecule has 4 rings (SSSR count). The van der Waals surface area contributed by atoms with Gasteiger partial charge in [0.25, 0.3) is 0 Å². The number of methoxy groups -OCH3 is 1. The van der Waals surface area contributed by atoms with Crippen LogP contribution in [0.25, 0.3) is 11.5 Å². The maximum atomic E-state index is 5.91. The Balaban J connectivity index is 1.46. The molecular formula is C17H21N9O. The fraction of sp³-hybridized carbons (Fsp3) is 0.412. The van der Waals surface area contributed by atoms with Gasteiger partial charge in [-0.15, -0.1) is 0 Å². The van der Waals surface area contributed by atoms with Crippen LogP contribution in [0, 0.1) is 0 Å². The molecule has 140 valence electrons. The Morgan fingerprint density at radius 1 is 1.26 bits per heavy atom. The number of nitrogens with two attached hydrogens (primary N) is 1. The number of ether oxygens (including phenoxy) is 1. The van der Waals surface area contributed by atoms with Gasteiger partial charge in [-0.3, -0.25) is 10.1 Å². The minimum absolute atomic E-state index is 0.265. The zero-order valence-electron chi connectivity index (χ0n) is 15.0. The average molecular weight is 367 g/mol. The van der Waals surface area contributed by atoms with Crippen LogP contribution >= 0.6 is 0 Å². The van der Waals surface area contributed by atoms with Crippen molar-refractivity contribution in [2.24, 2.45) is 5.73 Å². The largest absolute Gasteiger partial charge is 0.377 e. The highest BCUT2D eigenvalue weighted by atomic mass is 16.5. The van der Waals surface area contributed by atoms with Crippen molar-refractivity contribution in [1.29, 1.82) is 0 Å². The van der Waals surface area contributed by atoms with E-state index in [0.29, 0.717) is 42.2 Å². The highest BCUT2D eigenvalue weighted by molar-refractivity contribution is 5.46. The molecule has 1 aliphatic carbocycles. The van der Waals surface area contributed by atoms with Gasteiger partial charge in [0, 0.05) is 43.2 Å². The van der Waals surface area contributed by atoms with Crippen LogP contribution in [0.2, 0.25) is 0 Å². The number of aromatic nitrogens is 7. The first-order chi connectivity index (χ1) is 13.2. The van der Waals surface area contributed by atoms with Gasteiger partial charge in [-0.2, -0.15) is 5.10 Å². The summed E-state index contributed by atoms with van der Waals surface area (Å²) in [4.78, 5) is 21.7. The summed E-state index contributed by atoms with van der Waals surface area (Å²) in [5, 5.41) is 10.4. The predicted octanol–water partition coefficient (Wildman–Crippen LogP) is 1.01. The quantitative estimate of drug-likeness (QED) is 0.558. The van der Waals surface area contributed by atoms with Crippen molar-refractivity contribution in [3.8, 4) is 11.5 Å². The van der Waals surface area contributed by atoms with E-state index in [9.17, 15) is 0 Å². The van der Waals surface area contributed by atoms with E-state index in [1.807, 2.05) is 6.07 Å². The van der Waals surface area contributed by atoms with E-state index in [0.717, 1.165) is 24.4 Å². The van der Waals surface area contributed by atoms with E-state index in [1.54, 1.807) is 25.7 Å². The summed E-state index contributed by atoms with van der Waals surface area (Å²) in [7, 11) is 1.63. The molecular weight excluding hydrogens is 346 g/mol. The number of aromatic amines is 1. The van der Waals surface area contributed by atoms with Gasteiger partial charge in [0.2, 0.25) is 5.82 Å². The van der Waals surface area contributed by atoms with Crippen molar-refractivity contribution in [2.45, 2.75) is 38.0 Å². The SMILES string of the molecule is COCc1nc(NCc2nc(-c3cnccn3)n[nH]2)cc(C2CC(N)C2)n1. The highest BCUT2D eigenvalue weighted by Gasteiger charge is 2.29. The van der Waals surface area contributed by atoms with E-state index in [1.165, 1.54) is 0 Å². The Labute approximate surface area is 156 Å². The highest BCUT2D eigenvalue weighted by Crippen LogP contribution is 2.35. The second-order valence-corrected chi connectivity index (χ2v) is 6.51. The van der Waals surface area contributed by atoms with Crippen molar-refractivity contribution in [3.05, 3.63) is 42.0 Å². The van der Waals surface area contributed by atoms with E-state index in [2.05, 4.69) is 40.4 Å². The van der Waals surface area contributed by atoms with Crippen molar-refractivity contribution >= 4 is 5.82 Å². The average Bonchev–Trinajstić information content (AvgIpc) is 3.14. The molecule has 0 amide bonds. The molecule has 1 saturated carbocycles. The molecule has 0 atom stereocenters. The molecule has 1 aliphatic rings. The second kappa shape index (κ2) is 7.72. The van der Waals surface area contributed by atoms with Crippen molar-refractivity contribution in [2.75, 3.05) is 12.4 Å². The number of anilines is 1. The van der Waals surface area contributed by atoms with Gasteiger partial charge < -0.3 is 15.8 Å². The first-order valence-electron chi connectivity index (χ1n) is 8.75. The number of rotatable bonds is 7. The number of nitrogens with one attached hydrogen (secondary N) is 2. The Morgan fingerprint density at radius 2 is 2.15 bits per heavy atom. The van der Waals surface area contributed by atoms with E-state index >= 15 is 0 Å². The van der Waals surface area contributed by atoms with Gasteiger partial charge in [-0.25, -0.2) is 19.9 Å². The lowest BCUT2D eigenvalue weighted by Crippen LogP contribution is -2.35. The molecule has 0 radical (unpaired) electrons. The molecule has 0 aromatic carbocycles. The standard InChI is InChI=1S/C17H21N9O/c1-27-9-16-22-12(10-4-11(18)5-10)6-14(23-16)21-8-15-24-17(26-25-15)13-7-19-2-3-20-13/h2-3,6-7,10-11H,4-5,8-9,18H2,1H3,(H,21,22,23)(H,24,25,26). The lowest BCUT2D eigenvalue weighted by Gasteiger charge is -2.32. The van der Waals surface area contributed by atoms with Crippen LogP contribution < -0.4 is 11.1 Å². The lowest BCUT2D eigenvalue weighted by atomic mass is 9.78. The molecule has 0 spiro atoms. The van der Waals surface area contributed by atoms with Gasteiger partial charge >= 0.3 is 0 Å². The van der Waals surface area contributed by atoms with E-state index in [4.69, 9.17) is 10.5 Å². The summed E-state index contributed by atoms with van der Waals surface area (Å²) in [6.45, 7) is 0.806. The van der Waals surface area contributed by atoms with Crippen LogP contribution in [0.1, 0.15) is 36.1 Å². The van der Waals surface area contributed by atoms with Gasteiger partial charge in [-0.1, -0.05) is 0 Å². The summed E-state index contributed by atoms with van der Waals surface area (Å²) in [5.41, 5.74) is 7.53. The van der Waals surface area contributed by atoms with Crippen molar-refractivity contribution in [1.82, 2.24) is 35.1 Å². The van der Waals surface area contributed by atoms with Crippen molar-refractivity contribution in [3.63, 3.8) is 0 Å². The molecule has 10 nitrogen and oxygen atoms in total. The number of nitrogens with zero attached hydrogens (tertiary/aromatic N) is 6. The predicted molar refractivity (Wildman–Crippen MR) is 97.4 cm³/mol. The molecule has 0 saturated heterocycles. The van der Waals surface area contributed by atoms with Crippen molar-refractivity contribution < 1.29 is 4.74 Å². The Morgan fingerprint density at radius 3 is 2.89 bits per heavy atom. The van der Waals surface area contributed by atoms with E-state index < -0.39 is 0 Å². The summed E-state index contributed by atoms with van der Waals surface area (Å²) in [5.74, 6) is 2.94. The summed E-state index contributed by atoms with van der Waals surface area (Å²) in [6.07, 6.45) is 6.74. The summed E-state index contributed by atoms with van der Waals surface area (Å²) >= 11 is 0.